The first-order chi connectivity index (χ1) is 9.70. The van der Waals surface area contributed by atoms with Crippen LogP contribution in [0, 0.1) is 0 Å². The van der Waals surface area contributed by atoms with E-state index in [-0.39, 0.29) is 12.5 Å². The molecule has 20 heavy (non-hydrogen) atoms. The highest BCUT2D eigenvalue weighted by Crippen LogP contribution is 2.26. The lowest BCUT2D eigenvalue weighted by Gasteiger charge is -2.26. The van der Waals surface area contributed by atoms with Crippen molar-refractivity contribution < 1.29 is 14.3 Å². The number of hydrogen-bond acceptors (Lipinski definition) is 4. The van der Waals surface area contributed by atoms with Crippen LogP contribution >= 0.6 is 15.9 Å². The molecule has 110 valence electrons. The summed E-state index contributed by atoms with van der Waals surface area (Å²) in [5.41, 5.74) is 1.16. The molecule has 1 heterocycles. The van der Waals surface area contributed by atoms with Gasteiger partial charge in [-0.25, -0.2) is 0 Å². The fourth-order valence-corrected chi connectivity index (χ4v) is 2.56. The maximum absolute atomic E-state index is 12.0. The summed E-state index contributed by atoms with van der Waals surface area (Å²) in [7, 11) is 1.90. The lowest BCUT2D eigenvalue weighted by molar-refractivity contribution is -0.137. The molecule has 1 amide bonds. The Hall–Kier alpha value is -1.11. The molecule has 1 N–H and O–H groups in total. The van der Waals surface area contributed by atoms with Crippen LogP contribution in [-0.2, 0) is 16.1 Å². The van der Waals surface area contributed by atoms with Crippen LogP contribution in [0.2, 0.25) is 0 Å². The van der Waals surface area contributed by atoms with E-state index in [2.05, 4.69) is 21.2 Å². The molecule has 0 radical (unpaired) electrons. The zero-order chi connectivity index (χ0) is 14.4. The number of halogens is 1. The maximum Gasteiger partial charge on any atom is 0.260 e. The molecule has 1 fully saturated rings. The Morgan fingerprint density at radius 2 is 2.20 bits per heavy atom. The number of morpholine rings is 1. The van der Waals surface area contributed by atoms with Gasteiger partial charge >= 0.3 is 0 Å². The molecule has 0 atom stereocenters. The lowest BCUT2D eigenvalue weighted by atomic mass is 10.2. The van der Waals surface area contributed by atoms with Crippen LogP contribution in [0.5, 0.6) is 5.75 Å². The summed E-state index contributed by atoms with van der Waals surface area (Å²) in [6.45, 7) is 3.35. The van der Waals surface area contributed by atoms with Gasteiger partial charge in [0.1, 0.15) is 5.75 Å². The van der Waals surface area contributed by atoms with Crippen molar-refractivity contribution in [2.24, 2.45) is 0 Å². The SMILES string of the molecule is CNCc1ccc(OCC(=O)N2CCOCC2)c(Br)c1. The van der Waals surface area contributed by atoms with Crippen LogP contribution in [0.3, 0.4) is 0 Å². The summed E-state index contributed by atoms with van der Waals surface area (Å²) in [5, 5.41) is 3.09. The Morgan fingerprint density at radius 3 is 2.85 bits per heavy atom. The molecule has 0 bridgehead atoms. The van der Waals surface area contributed by atoms with Crippen molar-refractivity contribution in [3.8, 4) is 5.75 Å². The van der Waals surface area contributed by atoms with Crippen LogP contribution in [0.4, 0.5) is 0 Å². The van der Waals surface area contributed by atoms with Gasteiger partial charge in [-0.2, -0.15) is 0 Å². The number of benzene rings is 1. The summed E-state index contributed by atoms with van der Waals surface area (Å²) < 4.78 is 11.7. The van der Waals surface area contributed by atoms with Gasteiger partial charge in [0.05, 0.1) is 17.7 Å². The lowest BCUT2D eigenvalue weighted by Crippen LogP contribution is -2.43. The Bertz CT molecular complexity index is 462. The fourth-order valence-electron chi connectivity index (χ4n) is 2.02. The topological polar surface area (TPSA) is 50.8 Å². The van der Waals surface area contributed by atoms with E-state index in [4.69, 9.17) is 9.47 Å². The second-order valence-corrected chi connectivity index (χ2v) is 5.43. The van der Waals surface area contributed by atoms with Crippen molar-refractivity contribution in [3.63, 3.8) is 0 Å². The summed E-state index contributed by atoms with van der Waals surface area (Å²) in [5.74, 6) is 0.686. The predicted molar refractivity (Wildman–Crippen MR) is 79.8 cm³/mol. The van der Waals surface area contributed by atoms with Crippen LogP contribution in [-0.4, -0.2) is 50.8 Å². The van der Waals surface area contributed by atoms with Gasteiger partial charge in [-0.05, 0) is 40.7 Å². The molecule has 6 heteroatoms. The molecule has 1 aromatic carbocycles. The summed E-state index contributed by atoms with van der Waals surface area (Å²) >= 11 is 3.47. The number of carbonyl (C=O) groups is 1. The van der Waals surface area contributed by atoms with Gasteiger partial charge in [0.2, 0.25) is 0 Å². The Kier molecular flexibility index (Phi) is 5.82. The number of nitrogens with zero attached hydrogens (tertiary/aromatic N) is 1. The smallest absolute Gasteiger partial charge is 0.260 e. The third-order valence-corrected chi connectivity index (χ3v) is 3.71. The van der Waals surface area contributed by atoms with Gasteiger partial charge in [-0.3, -0.25) is 4.79 Å². The number of hydrogen-bond donors (Lipinski definition) is 1. The molecule has 0 saturated carbocycles. The van der Waals surface area contributed by atoms with Crippen molar-refractivity contribution >= 4 is 21.8 Å². The van der Waals surface area contributed by atoms with Gasteiger partial charge in [0.15, 0.2) is 6.61 Å². The van der Waals surface area contributed by atoms with Gasteiger partial charge in [0, 0.05) is 19.6 Å². The molecular formula is C14H19BrN2O3. The second kappa shape index (κ2) is 7.61. The summed E-state index contributed by atoms with van der Waals surface area (Å²) in [4.78, 5) is 13.7. The third kappa shape index (κ3) is 4.19. The summed E-state index contributed by atoms with van der Waals surface area (Å²) in [6.07, 6.45) is 0. The number of amides is 1. The van der Waals surface area contributed by atoms with E-state index in [0.29, 0.717) is 32.1 Å². The minimum atomic E-state index is -0.000462. The normalized spacial score (nSPS) is 15.2. The first-order valence-corrected chi connectivity index (χ1v) is 7.41. The Morgan fingerprint density at radius 1 is 1.45 bits per heavy atom. The first kappa shape index (κ1) is 15.3. The average molecular weight is 343 g/mol. The third-order valence-electron chi connectivity index (χ3n) is 3.09. The molecule has 2 rings (SSSR count). The minimum Gasteiger partial charge on any atom is -0.483 e. The molecule has 0 unspecified atom stereocenters. The van der Waals surface area contributed by atoms with Crippen LogP contribution in [0.15, 0.2) is 22.7 Å². The van der Waals surface area contributed by atoms with E-state index in [9.17, 15) is 4.79 Å². The fraction of sp³-hybridized carbons (Fsp3) is 0.500. The second-order valence-electron chi connectivity index (χ2n) is 4.58. The first-order valence-electron chi connectivity index (χ1n) is 6.62. The number of ether oxygens (including phenoxy) is 2. The molecule has 0 aliphatic carbocycles. The van der Waals surface area contributed by atoms with Gasteiger partial charge in [-0.15, -0.1) is 0 Å². The highest BCUT2D eigenvalue weighted by molar-refractivity contribution is 9.10. The number of nitrogens with one attached hydrogen (secondary N) is 1. The van der Waals surface area contributed by atoms with E-state index in [1.807, 2.05) is 25.2 Å². The van der Waals surface area contributed by atoms with Crippen molar-refractivity contribution in [1.82, 2.24) is 10.2 Å². The molecule has 1 saturated heterocycles. The van der Waals surface area contributed by atoms with Gasteiger partial charge in [-0.1, -0.05) is 6.07 Å². The monoisotopic (exact) mass is 342 g/mol. The van der Waals surface area contributed by atoms with Gasteiger partial charge < -0.3 is 19.7 Å². The van der Waals surface area contributed by atoms with E-state index < -0.39 is 0 Å². The molecular weight excluding hydrogens is 324 g/mol. The van der Waals surface area contributed by atoms with Crippen molar-refractivity contribution in [3.05, 3.63) is 28.2 Å². The number of carbonyl (C=O) groups excluding carboxylic acids is 1. The van der Waals surface area contributed by atoms with E-state index >= 15 is 0 Å². The van der Waals surface area contributed by atoms with Crippen molar-refractivity contribution in [2.75, 3.05) is 40.0 Å². The standard InChI is InChI=1S/C14H19BrN2O3/c1-16-9-11-2-3-13(12(15)8-11)20-10-14(18)17-4-6-19-7-5-17/h2-3,8,16H,4-7,9-10H2,1H3. The van der Waals surface area contributed by atoms with Crippen LogP contribution in [0.25, 0.3) is 0 Å². The summed E-state index contributed by atoms with van der Waals surface area (Å²) in [6, 6.07) is 5.85. The van der Waals surface area contributed by atoms with Crippen molar-refractivity contribution in [1.29, 1.82) is 0 Å². The molecule has 5 nitrogen and oxygen atoms in total. The van der Waals surface area contributed by atoms with Crippen LogP contribution in [0.1, 0.15) is 5.56 Å². The zero-order valence-electron chi connectivity index (χ0n) is 11.5. The largest absolute Gasteiger partial charge is 0.483 e. The average Bonchev–Trinajstić information content (AvgIpc) is 2.47. The molecule has 0 aromatic heterocycles. The van der Waals surface area contributed by atoms with E-state index in [1.165, 1.54) is 0 Å². The van der Waals surface area contributed by atoms with Crippen molar-refractivity contribution in [2.45, 2.75) is 6.54 Å². The Balaban J connectivity index is 1.88. The quantitative estimate of drug-likeness (QED) is 0.878. The maximum atomic E-state index is 12.0. The highest BCUT2D eigenvalue weighted by atomic mass is 79.9. The van der Waals surface area contributed by atoms with Crippen LogP contribution < -0.4 is 10.1 Å². The highest BCUT2D eigenvalue weighted by Gasteiger charge is 2.17. The van der Waals surface area contributed by atoms with Gasteiger partial charge in [0.25, 0.3) is 5.91 Å². The minimum absolute atomic E-state index is 0.000462. The molecule has 1 aromatic rings. The molecule has 1 aliphatic rings. The number of rotatable bonds is 5. The van der Waals surface area contributed by atoms with E-state index in [1.54, 1.807) is 4.90 Å². The molecule has 0 spiro atoms. The predicted octanol–water partition coefficient (Wildman–Crippen LogP) is 1.41. The zero-order valence-corrected chi connectivity index (χ0v) is 13.1. The van der Waals surface area contributed by atoms with E-state index in [0.717, 1.165) is 16.6 Å². The molecule has 1 aliphatic heterocycles. The Labute approximate surface area is 127 Å².